The fourth-order valence-corrected chi connectivity index (χ4v) is 2.86. The van der Waals surface area contributed by atoms with Gasteiger partial charge in [-0.3, -0.25) is 14.5 Å². The van der Waals surface area contributed by atoms with Crippen LogP contribution in [0.15, 0.2) is 30.3 Å². The Morgan fingerprint density at radius 1 is 1.36 bits per heavy atom. The molecular weight excluding hydrogens is 304 g/mol. The Hall–Kier alpha value is -1.99. The fraction of sp³-hybridized carbons (Fsp3) is 0.400. The minimum atomic E-state index is -1.02. The van der Waals surface area contributed by atoms with Crippen molar-refractivity contribution < 1.29 is 19.4 Å². The van der Waals surface area contributed by atoms with Gasteiger partial charge in [-0.2, -0.15) is 0 Å². The summed E-state index contributed by atoms with van der Waals surface area (Å²) >= 11 is 5.40. The lowest BCUT2D eigenvalue weighted by Gasteiger charge is -2.23. The normalized spacial score (nSPS) is 18.1. The highest BCUT2D eigenvalue weighted by atomic mass is 32.1. The first-order valence-electron chi connectivity index (χ1n) is 6.96. The molecule has 1 unspecified atom stereocenters. The number of carboxylic acid groups (broad SMARTS) is 1. The molecule has 1 saturated heterocycles. The van der Waals surface area contributed by atoms with E-state index in [1.54, 1.807) is 24.1 Å². The van der Waals surface area contributed by atoms with Crippen LogP contribution in [0.1, 0.15) is 12.8 Å². The molecule has 0 aliphatic carbocycles. The number of carbonyl (C=O) groups is 2. The SMILES string of the molecule is COCCCN1C(=S)N(c2ccccc2)C(=O)C1CC(=O)O. The van der Waals surface area contributed by atoms with Gasteiger partial charge in [-0.15, -0.1) is 0 Å². The maximum Gasteiger partial charge on any atom is 0.305 e. The van der Waals surface area contributed by atoms with E-state index in [2.05, 4.69) is 0 Å². The number of para-hydroxylation sites is 1. The van der Waals surface area contributed by atoms with Gasteiger partial charge >= 0.3 is 5.97 Å². The molecule has 1 atom stereocenters. The smallest absolute Gasteiger partial charge is 0.305 e. The molecule has 0 spiro atoms. The van der Waals surface area contributed by atoms with Crippen LogP contribution in [0.2, 0.25) is 0 Å². The summed E-state index contributed by atoms with van der Waals surface area (Å²) in [7, 11) is 1.60. The van der Waals surface area contributed by atoms with Crippen LogP contribution in [0.3, 0.4) is 0 Å². The van der Waals surface area contributed by atoms with Gasteiger partial charge in [-0.25, -0.2) is 0 Å². The number of hydrogen-bond acceptors (Lipinski definition) is 4. The molecule has 6 nitrogen and oxygen atoms in total. The number of benzene rings is 1. The molecule has 1 aromatic rings. The average Bonchev–Trinajstić information content (AvgIpc) is 2.72. The number of rotatable bonds is 7. The van der Waals surface area contributed by atoms with Gasteiger partial charge < -0.3 is 14.7 Å². The Labute approximate surface area is 134 Å². The summed E-state index contributed by atoms with van der Waals surface area (Å²) in [5, 5.41) is 9.40. The molecule has 1 heterocycles. The number of carbonyl (C=O) groups excluding carboxylic acids is 1. The topological polar surface area (TPSA) is 70.1 Å². The highest BCUT2D eigenvalue weighted by molar-refractivity contribution is 7.80. The fourth-order valence-electron chi connectivity index (χ4n) is 2.45. The largest absolute Gasteiger partial charge is 0.481 e. The quantitative estimate of drug-likeness (QED) is 0.606. The number of carboxylic acids is 1. The van der Waals surface area contributed by atoms with E-state index in [4.69, 9.17) is 22.1 Å². The first-order chi connectivity index (χ1) is 10.6. The van der Waals surface area contributed by atoms with Crippen molar-refractivity contribution in [3.8, 4) is 0 Å². The predicted octanol–water partition coefficient (Wildman–Crippen LogP) is 1.50. The summed E-state index contributed by atoms with van der Waals surface area (Å²) in [5.74, 6) is -1.32. The summed E-state index contributed by atoms with van der Waals surface area (Å²) in [5.41, 5.74) is 0.655. The molecule has 2 rings (SSSR count). The van der Waals surface area contributed by atoms with Crippen LogP contribution in [0.5, 0.6) is 0 Å². The predicted molar refractivity (Wildman–Crippen MR) is 85.8 cm³/mol. The summed E-state index contributed by atoms with van der Waals surface area (Å²) < 4.78 is 5.01. The van der Waals surface area contributed by atoms with Crippen molar-refractivity contribution in [1.82, 2.24) is 4.90 Å². The molecule has 7 heteroatoms. The van der Waals surface area contributed by atoms with Crippen LogP contribution in [-0.4, -0.2) is 53.3 Å². The lowest BCUT2D eigenvalue weighted by molar-refractivity contribution is -0.139. The second-order valence-corrected chi connectivity index (χ2v) is 5.31. The Balaban J connectivity index is 2.25. The average molecular weight is 322 g/mol. The van der Waals surface area contributed by atoms with E-state index in [1.165, 1.54) is 4.90 Å². The minimum Gasteiger partial charge on any atom is -0.481 e. The van der Waals surface area contributed by atoms with Crippen LogP contribution in [-0.2, 0) is 14.3 Å². The molecule has 118 valence electrons. The van der Waals surface area contributed by atoms with Crippen LogP contribution < -0.4 is 4.90 Å². The van der Waals surface area contributed by atoms with Gasteiger partial charge in [0.2, 0.25) is 0 Å². The number of anilines is 1. The molecule has 1 fully saturated rings. The molecule has 1 N–H and O–H groups in total. The van der Waals surface area contributed by atoms with E-state index in [-0.39, 0.29) is 12.3 Å². The first-order valence-corrected chi connectivity index (χ1v) is 7.37. The number of aliphatic carboxylic acids is 1. The van der Waals surface area contributed by atoms with Gasteiger partial charge in [0.1, 0.15) is 6.04 Å². The molecular formula is C15H18N2O4S. The minimum absolute atomic E-state index is 0.269. The number of hydrogen-bond donors (Lipinski definition) is 1. The molecule has 22 heavy (non-hydrogen) atoms. The molecule has 0 bridgehead atoms. The van der Waals surface area contributed by atoms with Crippen molar-refractivity contribution in [2.45, 2.75) is 18.9 Å². The number of ether oxygens (including phenoxy) is 1. The highest BCUT2D eigenvalue weighted by Crippen LogP contribution is 2.27. The van der Waals surface area contributed by atoms with Crippen molar-refractivity contribution in [3.05, 3.63) is 30.3 Å². The zero-order valence-electron chi connectivity index (χ0n) is 12.3. The maximum absolute atomic E-state index is 12.6. The van der Waals surface area contributed by atoms with E-state index in [9.17, 15) is 9.59 Å². The highest BCUT2D eigenvalue weighted by Gasteiger charge is 2.43. The van der Waals surface area contributed by atoms with E-state index in [0.717, 1.165) is 0 Å². The van der Waals surface area contributed by atoms with Crippen LogP contribution >= 0.6 is 12.2 Å². The Morgan fingerprint density at radius 2 is 2.05 bits per heavy atom. The standard InChI is InChI=1S/C15H18N2O4S/c1-21-9-5-8-16-12(10-13(18)19)14(20)17(15(16)22)11-6-3-2-4-7-11/h2-4,6-7,12H,5,8-10H2,1H3,(H,18,19). The second kappa shape index (κ2) is 7.33. The van der Waals surface area contributed by atoms with Gasteiger partial charge in [-0.05, 0) is 30.8 Å². The van der Waals surface area contributed by atoms with Crippen molar-refractivity contribution in [2.24, 2.45) is 0 Å². The van der Waals surface area contributed by atoms with Gasteiger partial charge in [0, 0.05) is 20.3 Å². The number of thiocarbonyl (C=S) groups is 1. The van der Waals surface area contributed by atoms with Crippen LogP contribution in [0, 0.1) is 0 Å². The third kappa shape index (κ3) is 3.42. The first kappa shape index (κ1) is 16.4. The number of methoxy groups -OCH3 is 1. The van der Waals surface area contributed by atoms with Crippen molar-refractivity contribution >= 4 is 34.9 Å². The molecule has 0 saturated carbocycles. The van der Waals surface area contributed by atoms with E-state index in [0.29, 0.717) is 30.4 Å². The Kier molecular flexibility index (Phi) is 5.46. The van der Waals surface area contributed by atoms with Crippen molar-refractivity contribution in [1.29, 1.82) is 0 Å². The lowest BCUT2D eigenvalue weighted by atomic mass is 10.1. The van der Waals surface area contributed by atoms with E-state index < -0.39 is 12.0 Å². The summed E-state index contributed by atoms with van der Waals surface area (Å²) in [6.45, 7) is 1.01. The van der Waals surface area contributed by atoms with E-state index >= 15 is 0 Å². The molecule has 1 aliphatic heterocycles. The zero-order valence-corrected chi connectivity index (χ0v) is 13.1. The Bertz CT molecular complexity index is 564. The lowest BCUT2D eigenvalue weighted by Crippen LogP contribution is -2.37. The number of amides is 1. The zero-order chi connectivity index (χ0) is 16.1. The number of nitrogens with zero attached hydrogens (tertiary/aromatic N) is 2. The maximum atomic E-state index is 12.6. The van der Waals surface area contributed by atoms with Gasteiger partial charge in [0.05, 0.1) is 12.1 Å². The van der Waals surface area contributed by atoms with Crippen molar-refractivity contribution in [3.63, 3.8) is 0 Å². The molecule has 0 aromatic heterocycles. The van der Waals surface area contributed by atoms with Gasteiger partial charge in [0.25, 0.3) is 5.91 Å². The van der Waals surface area contributed by atoms with E-state index in [1.807, 2.05) is 18.2 Å². The monoisotopic (exact) mass is 322 g/mol. The summed E-state index contributed by atoms with van der Waals surface area (Å²) in [4.78, 5) is 26.7. The molecule has 0 radical (unpaired) electrons. The summed E-state index contributed by atoms with van der Waals surface area (Å²) in [6, 6.07) is 8.26. The summed E-state index contributed by atoms with van der Waals surface area (Å²) in [6.07, 6.45) is 0.401. The third-order valence-electron chi connectivity index (χ3n) is 3.45. The van der Waals surface area contributed by atoms with Crippen molar-refractivity contribution in [2.75, 3.05) is 25.2 Å². The molecule has 1 aromatic carbocycles. The van der Waals surface area contributed by atoms with Gasteiger partial charge in [0.15, 0.2) is 5.11 Å². The second-order valence-electron chi connectivity index (χ2n) is 4.95. The Morgan fingerprint density at radius 3 is 2.64 bits per heavy atom. The molecule has 1 aliphatic rings. The molecule has 1 amide bonds. The van der Waals surface area contributed by atoms with Crippen LogP contribution in [0.25, 0.3) is 0 Å². The van der Waals surface area contributed by atoms with Gasteiger partial charge in [-0.1, -0.05) is 18.2 Å². The third-order valence-corrected chi connectivity index (χ3v) is 3.87. The van der Waals surface area contributed by atoms with Crippen LogP contribution in [0.4, 0.5) is 5.69 Å².